The highest BCUT2D eigenvalue weighted by molar-refractivity contribution is 9.10. The van der Waals surface area contributed by atoms with Gasteiger partial charge in [0.05, 0.1) is 22.0 Å². The van der Waals surface area contributed by atoms with Crippen molar-refractivity contribution in [2.75, 3.05) is 0 Å². The molecule has 0 spiro atoms. The molecule has 0 bridgehead atoms. The second-order valence-corrected chi connectivity index (χ2v) is 6.65. The number of para-hydroxylation sites is 1. The minimum absolute atomic E-state index is 0.0543. The third kappa shape index (κ3) is 2.69. The molecule has 0 unspecified atom stereocenters. The normalized spacial score (nSPS) is 19.6. The zero-order valence-electron chi connectivity index (χ0n) is 12.7. The van der Waals surface area contributed by atoms with E-state index in [0.29, 0.717) is 29.0 Å². The summed E-state index contributed by atoms with van der Waals surface area (Å²) in [5, 5.41) is 10.4. The van der Waals surface area contributed by atoms with E-state index in [2.05, 4.69) is 25.7 Å². The first-order chi connectivity index (χ1) is 12.0. The number of rotatable bonds is 3. The van der Waals surface area contributed by atoms with Crippen molar-refractivity contribution in [3.63, 3.8) is 0 Å². The number of ether oxygens (including phenoxy) is 1. The van der Waals surface area contributed by atoms with E-state index in [0.717, 1.165) is 0 Å². The van der Waals surface area contributed by atoms with Crippen molar-refractivity contribution >= 4 is 21.6 Å². The van der Waals surface area contributed by atoms with Gasteiger partial charge >= 0.3 is 6.61 Å². The van der Waals surface area contributed by atoms with Gasteiger partial charge in [-0.2, -0.15) is 8.78 Å². The molecule has 25 heavy (non-hydrogen) atoms. The van der Waals surface area contributed by atoms with E-state index in [4.69, 9.17) is 0 Å². The van der Waals surface area contributed by atoms with Gasteiger partial charge < -0.3 is 14.2 Å². The van der Waals surface area contributed by atoms with Crippen LogP contribution in [0.3, 0.4) is 0 Å². The molecular formula is C17H12BrF3N2O2. The number of fused-ring (bicyclic) bond motifs is 3. The van der Waals surface area contributed by atoms with Crippen LogP contribution >= 0.6 is 15.9 Å². The lowest BCUT2D eigenvalue weighted by Gasteiger charge is -2.17. The van der Waals surface area contributed by atoms with Crippen LogP contribution in [0.1, 0.15) is 35.4 Å². The molecule has 2 aromatic heterocycles. The molecule has 0 aliphatic heterocycles. The Labute approximate surface area is 149 Å². The number of hydrogen-bond donors (Lipinski definition) is 1. The van der Waals surface area contributed by atoms with Crippen LogP contribution in [-0.4, -0.2) is 21.1 Å². The van der Waals surface area contributed by atoms with Crippen molar-refractivity contribution in [3.05, 3.63) is 63.8 Å². The van der Waals surface area contributed by atoms with Gasteiger partial charge in [-0.25, -0.2) is 9.37 Å². The van der Waals surface area contributed by atoms with Gasteiger partial charge in [0.1, 0.15) is 17.2 Å². The Hall–Kier alpha value is -2.06. The molecule has 3 aromatic rings. The van der Waals surface area contributed by atoms with E-state index < -0.39 is 24.5 Å². The maximum absolute atomic E-state index is 13.8. The summed E-state index contributed by atoms with van der Waals surface area (Å²) in [6.45, 7) is -2.95. The molecule has 0 saturated heterocycles. The third-order valence-electron chi connectivity index (χ3n) is 4.35. The lowest BCUT2D eigenvalue weighted by atomic mass is 9.95. The Bertz CT molecular complexity index is 960. The predicted octanol–water partition coefficient (Wildman–Crippen LogP) is 4.41. The molecule has 130 valence electrons. The number of benzene rings is 1. The van der Waals surface area contributed by atoms with Gasteiger partial charge in [0.2, 0.25) is 0 Å². The van der Waals surface area contributed by atoms with Crippen LogP contribution in [0.5, 0.6) is 5.75 Å². The Morgan fingerprint density at radius 3 is 2.84 bits per heavy atom. The number of imidazole rings is 1. The molecule has 0 amide bonds. The van der Waals surface area contributed by atoms with Crippen molar-refractivity contribution in [2.24, 2.45) is 0 Å². The number of pyridine rings is 1. The summed E-state index contributed by atoms with van der Waals surface area (Å²) in [6.07, 6.45) is 0.957. The number of aliphatic hydroxyl groups is 1. The van der Waals surface area contributed by atoms with E-state index in [9.17, 15) is 18.3 Å². The molecule has 1 N–H and O–H groups in total. The maximum atomic E-state index is 13.8. The topological polar surface area (TPSA) is 46.8 Å². The molecule has 2 atom stereocenters. The third-order valence-corrected chi connectivity index (χ3v) is 4.93. The van der Waals surface area contributed by atoms with Crippen molar-refractivity contribution in [1.29, 1.82) is 0 Å². The maximum Gasteiger partial charge on any atom is 0.387 e. The second kappa shape index (κ2) is 6.03. The molecule has 1 aliphatic carbocycles. The van der Waals surface area contributed by atoms with E-state index in [-0.39, 0.29) is 10.2 Å². The molecule has 0 fully saturated rings. The zero-order valence-corrected chi connectivity index (χ0v) is 14.3. The number of halogens is 4. The minimum atomic E-state index is -2.95. The van der Waals surface area contributed by atoms with Gasteiger partial charge in [0.25, 0.3) is 0 Å². The highest BCUT2D eigenvalue weighted by atomic mass is 79.9. The van der Waals surface area contributed by atoms with Crippen LogP contribution in [0.25, 0.3) is 5.65 Å². The highest BCUT2D eigenvalue weighted by Gasteiger charge is 2.37. The first kappa shape index (κ1) is 16.4. The zero-order chi connectivity index (χ0) is 17.7. The molecule has 4 rings (SSSR count). The predicted molar refractivity (Wildman–Crippen MR) is 87.3 cm³/mol. The Morgan fingerprint density at radius 1 is 1.32 bits per heavy atom. The second-order valence-electron chi connectivity index (χ2n) is 5.80. The SMILES string of the molecule is O[C@@H]1C[C@H](c2ccccc2OC(F)F)c2c1nc1cc(F)c(Br)cn21. The molecule has 1 aliphatic rings. The van der Waals surface area contributed by atoms with Gasteiger partial charge in [-0.05, 0) is 28.4 Å². The highest BCUT2D eigenvalue weighted by Crippen LogP contribution is 2.46. The van der Waals surface area contributed by atoms with Gasteiger partial charge in [-0.1, -0.05) is 18.2 Å². The number of aliphatic hydroxyl groups excluding tert-OH is 1. The molecule has 0 saturated carbocycles. The smallest absolute Gasteiger partial charge is 0.387 e. The first-order valence-corrected chi connectivity index (χ1v) is 8.33. The number of hydrogen-bond acceptors (Lipinski definition) is 3. The molecule has 4 nitrogen and oxygen atoms in total. The summed E-state index contributed by atoms with van der Waals surface area (Å²) in [6, 6.07) is 7.73. The number of aromatic nitrogens is 2. The van der Waals surface area contributed by atoms with Crippen molar-refractivity contribution in [3.8, 4) is 5.75 Å². The minimum Gasteiger partial charge on any atom is -0.435 e. The molecule has 2 heterocycles. The Morgan fingerprint density at radius 2 is 2.08 bits per heavy atom. The van der Waals surface area contributed by atoms with Gasteiger partial charge in [0.15, 0.2) is 0 Å². The van der Waals surface area contributed by atoms with E-state index >= 15 is 0 Å². The van der Waals surface area contributed by atoms with Crippen LogP contribution < -0.4 is 4.74 Å². The molecular weight excluding hydrogens is 401 g/mol. The van der Waals surface area contributed by atoms with Crippen molar-refractivity contribution in [2.45, 2.75) is 25.1 Å². The average Bonchev–Trinajstić information content (AvgIpc) is 3.06. The summed E-state index contributed by atoms with van der Waals surface area (Å²) < 4.78 is 45.7. The summed E-state index contributed by atoms with van der Waals surface area (Å²) >= 11 is 3.14. The van der Waals surface area contributed by atoms with Gasteiger partial charge in [-0.3, -0.25) is 0 Å². The van der Waals surface area contributed by atoms with Crippen LogP contribution in [0, 0.1) is 5.82 Å². The molecule has 0 radical (unpaired) electrons. The van der Waals surface area contributed by atoms with Gasteiger partial charge in [0, 0.05) is 23.7 Å². The Balaban J connectivity index is 1.90. The average molecular weight is 413 g/mol. The van der Waals surface area contributed by atoms with Crippen LogP contribution in [0.4, 0.5) is 13.2 Å². The fraction of sp³-hybridized carbons (Fsp3) is 0.235. The lowest BCUT2D eigenvalue weighted by molar-refractivity contribution is -0.0505. The van der Waals surface area contributed by atoms with Crippen molar-refractivity contribution in [1.82, 2.24) is 9.38 Å². The number of alkyl halides is 2. The standard InChI is InChI=1S/C17H12BrF3N2O2/c18-10-7-23-14(6-11(10)19)22-15-12(24)5-9(16(15)23)8-3-1-2-4-13(8)25-17(20)21/h1-4,6-7,9,12,17,24H,5H2/t9-,12-/m1/s1. The quantitative estimate of drug-likeness (QED) is 0.693. The monoisotopic (exact) mass is 412 g/mol. The summed E-state index contributed by atoms with van der Waals surface area (Å²) in [5.41, 5.74) is 1.95. The van der Waals surface area contributed by atoms with E-state index in [1.165, 1.54) is 18.3 Å². The number of nitrogens with zero attached hydrogens (tertiary/aromatic N) is 2. The lowest BCUT2D eigenvalue weighted by Crippen LogP contribution is -2.08. The Kier molecular flexibility index (Phi) is 3.96. The molecule has 1 aromatic carbocycles. The summed E-state index contributed by atoms with van der Waals surface area (Å²) in [5.74, 6) is -0.811. The van der Waals surface area contributed by atoms with Crippen LogP contribution in [0.15, 0.2) is 41.0 Å². The first-order valence-electron chi connectivity index (χ1n) is 7.54. The summed E-state index contributed by atoms with van der Waals surface area (Å²) in [7, 11) is 0. The molecule has 8 heteroatoms. The van der Waals surface area contributed by atoms with E-state index in [1.807, 2.05) is 0 Å². The van der Waals surface area contributed by atoms with E-state index in [1.54, 1.807) is 22.6 Å². The fourth-order valence-electron chi connectivity index (χ4n) is 3.36. The van der Waals surface area contributed by atoms with Gasteiger partial charge in [-0.15, -0.1) is 0 Å². The largest absolute Gasteiger partial charge is 0.435 e. The van der Waals surface area contributed by atoms with Crippen LogP contribution in [0.2, 0.25) is 0 Å². The fourth-order valence-corrected chi connectivity index (χ4v) is 3.68. The summed E-state index contributed by atoms with van der Waals surface area (Å²) in [4.78, 5) is 4.31. The van der Waals surface area contributed by atoms with Crippen molar-refractivity contribution < 1.29 is 23.0 Å². The van der Waals surface area contributed by atoms with Crippen LogP contribution in [-0.2, 0) is 0 Å².